The molecule has 2 aromatic rings. The maximum absolute atomic E-state index is 11.2. The molecule has 0 fully saturated rings. The zero-order chi connectivity index (χ0) is 15.4. The second-order valence-electron chi connectivity index (χ2n) is 4.38. The Bertz CT molecular complexity index is 674. The summed E-state index contributed by atoms with van der Waals surface area (Å²) < 4.78 is 5.67. The zero-order valence-corrected chi connectivity index (χ0v) is 12.8. The molecule has 0 saturated carbocycles. The molecule has 0 bridgehead atoms. The lowest BCUT2D eigenvalue weighted by atomic mass is 10.1. The van der Waals surface area contributed by atoms with Gasteiger partial charge in [0.05, 0.1) is 15.8 Å². The van der Waals surface area contributed by atoms with E-state index in [9.17, 15) is 10.1 Å². The smallest absolute Gasteiger partial charge is 0.311 e. The molecule has 0 heterocycles. The molecule has 0 atom stereocenters. The average molecular weight is 326 g/mol. The number of nitro groups is 1. The fourth-order valence-corrected chi connectivity index (χ4v) is 2.34. The molecule has 4 nitrogen and oxygen atoms in total. The van der Waals surface area contributed by atoms with E-state index in [1.807, 2.05) is 6.92 Å². The minimum Gasteiger partial charge on any atom is -0.448 e. The Kier molecular flexibility index (Phi) is 5.04. The summed E-state index contributed by atoms with van der Waals surface area (Å²) in [5, 5.41) is 11.5. The summed E-state index contributed by atoms with van der Waals surface area (Å²) >= 11 is 11.9. The van der Waals surface area contributed by atoms with Crippen molar-refractivity contribution in [2.75, 3.05) is 0 Å². The van der Waals surface area contributed by atoms with Gasteiger partial charge in [0.25, 0.3) is 0 Å². The van der Waals surface area contributed by atoms with E-state index in [1.165, 1.54) is 6.07 Å². The van der Waals surface area contributed by atoms with E-state index >= 15 is 0 Å². The van der Waals surface area contributed by atoms with Crippen molar-refractivity contribution in [2.45, 2.75) is 19.2 Å². The molecule has 6 heteroatoms. The topological polar surface area (TPSA) is 52.4 Å². The van der Waals surface area contributed by atoms with Crippen LogP contribution in [0.15, 0.2) is 36.4 Å². The maximum Gasteiger partial charge on any atom is 0.311 e. The lowest BCUT2D eigenvalue weighted by Crippen LogP contribution is -1.97. The number of hydrogen-bond acceptors (Lipinski definition) is 3. The molecule has 0 aliphatic rings. The van der Waals surface area contributed by atoms with Crippen molar-refractivity contribution < 1.29 is 9.66 Å². The van der Waals surface area contributed by atoms with Gasteiger partial charge in [-0.25, -0.2) is 0 Å². The van der Waals surface area contributed by atoms with Gasteiger partial charge in [0.15, 0.2) is 5.75 Å². The number of benzene rings is 2. The van der Waals surface area contributed by atoms with Gasteiger partial charge in [0.2, 0.25) is 5.75 Å². The van der Waals surface area contributed by atoms with Gasteiger partial charge in [-0.2, -0.15) is 0 Å². The molecule has 0 saturated heterocycles. The van der Waals surface area contributed by atoms with E-state index in [1.54, 1.807) is 30.3 Å². The van der Waals surface area contributed by atoms with Gasteiger partial charge < -0.3 is 4.74 Å². The van der Waals surface area contributed by atoms with Crippen molar-refractivity contribution in [1.82, 2.24) is 0 Å². The Hall–Kier alpha value is -1.78. The van der Waals surface area contributed by atoms with Gasteiger partial charge in [-0.3, -0.25) is 10.1 Å². The van der Waals surface area contributed by atoms with Gasteiger partial charge in [-0.05, 0) is 24.1 Å². The van der Waals surface area contributed by atoms with Crippen LogP contribution in [0, 0.1) is 10.1 Å². The van der Waals surface area contributed by atoms with Gasteiger partial charge in [0, 0.05) is 11.6 Å². The Morgan fingerprint density at radius 1 is 1.29 bits per heavy atom. The van der Waals surface area contributed by atoms with Crippen LogP contribution in [-0.2, 0) is 12.3 Å². The van der Waals surface area contributed by atoms with Crippen molar-refractivity contribution >= 4 is 28.9 Å². The predicted molar refractivity (Wildman–Crippen MR) is 83.6 cm³/mol. The largest absolute Gasteiger partial charge is 0.448 e. The molecule has 0 N–H and O–H groups in total. The molecule has 21 heavy (non-hydrogen) atoms. The number of hydrogen-bond donors (Lipinski definition) is 0. The van der Waals surface area contributed by atoms with E-state index in [-0.39, 0.29) is 17.3 Å². The van der Waals surface area contributed by atoms with Crippen LogP contribution in [0.1, 0.15) is 18.1 Å². The Morgan fingerprint density at radius 2 is 2.05 bits per heavy atom. The van der Waals surface area contributed by atoms with Crippen molar-refractivity contribution in [3.63, 3.8) is 0 Å². The van der Waals surface area contributed by atoms with E-state index < -0.39 is 4.92 Å². The van der Waals surface area contributed by atoms with Crippen LogP contribution in [0.3, 0.4) is 0 Å². The van der Waals surface area contributed by atoms with Crippen LogP contribution in [0.5, 0.6) is 11.5 Å². The highest BCUT2D eigenvalue weighted by Crippen LogP contribution is 2.38. The summed E-state index contributed by atoms with van der Waals surface area (Å²) in [5.74, 6) is 0.703. The number of ether oxygens (including phenoxy) is 1. The summed E-state index contributed by atoms with van der Waals surface area (Å²) in [6, 6.07) is 10.0. The molecular weight excluding hydrogens is 313 g/mol. The number of alkyl halides is 1. The van der Waals surface area contributed by atoms with E-state index in [0.29, 0.717) is 22.8 Å². The van der Waals surface area contributed by atoms with Crippen molar-refractivity contribution in [2.24, 2.45) is 0 Å². The number of rotatable bonds is 5. The zero-order valence-electron chi connectivity index (χ0n) is 11.3. The molecule has 0 spiro atoms. The standard InChI is InChI=1S/C15H13Cl2NO3/c1-2-10-6-7-14(13(8-10)18(19)20)21-15-11(9-16)4-3-5-12(15)17/h3-8H,2,9H2,1H3. The Labute approximate surface area is 132 Å². The van der Waals surface area contributed by atoms with E-state index in [0.717, 1.165) is 5.56 Å². The van der Waals surface area contributed by atoms with Crippen LogP contribution in [0.25, 0.3) is 0 Å². The fraction of sp³-hybridized carbons (Fsp3) is 0.200. The first-order valence-electron chi connectivity index (χ1n) is 6.35. The van der Waals surface area contributed by atoms with Crippen LogP contribution in [0.4, 0.5) is 5.69 Å². The van der Waals surface area contributed by atoms with Gasteiger partial charge >= 0.3 is 5.69 Å². The van der Waals surface area contributed by atoms with Crippen molar-refractivity contribution in [1.29, 1.82) is 0 Å². The minimum absolute atomic E-state index is 0.0882. The first kappa shape index (κ1) is 15.6. The molecular formula is C15H13Cl2NO3. The highest BCUT2D eigenvalue weighted by molar-refractivity contribution is 6.32. The number of nitrogens with zero attached hydrogens (tertiary/aromatic N) is 1. The van der Waals surface area contributed by atoms with Crippen LogP contribution >= 0.6 is 23.2 Å². The third kappa shape index (κ3) is 3.46. The molecule has 2 aromatic carbocycles. The van der Waals surface area contributed by atoms with Crippen molar-refractivity contribution in [3.8, 4) is 11.5 Å². The Balaban J connectivity index is 2.47. The summed E-state index contributed by atoms with van der Waals surface area (Å²) in [5.41, 5.74) is 1.46. The normalized spacial score (nSPS) is 10.4. The summed E-state index contributed by atoms with van der Waals surface area (Å²) in [7, 11) is 0. The van der Waals surface area contributed by atoms with Gasteiger partial charge in [-0.1, -0.05) is 36.7 Å². The van der Waals surface area contributed by atoms with Crippen LogP contribution in [-0.4, -0.2) is 4.92 Å². The highest BCUT2D eigenvalue weighted by atomic mass is 35.5. The third-order valence-electron chi connectivity index (χ3n) is 3.03. The lowest BCUT2D eigenvalue weighted by molar-refractivity contribution is -0.385. The third-order valence-corrected chi connectivity index (χ3v) is 3.62. The highest BCUT2D eigenvalue weighted by Gasteiger charge is 2.18. The first-order valence-corrected chi connectivity index (χ1v) is 7.26. The van der Waals surface area contributed by atoms with Crippen molar-refractivity contribution in [3.05, 3.63) is 62.7 Å². The van der Waals surface area contributed by atoms with Gasteiger partial charge in [0.1, 0.15) is 0 Å². The average Bonchev–Trinajstić information content (AvgIpc) is 2.49. The number of aryl methyl sites for hydroxylation is 1. The second-order valence-corrected chi connectivity index (χ2v) is 5.05. The van der Waals surface area contributed by atoms with E-state index in [2.05, 4.69) is 0 Å². The monoisotopic (exact) mass is 325 g/mol. The first-order chi connectivity index (χ1) is 10.1. The molecule has 0 aromatic heterocycles. The molecule has 0 aliphatic heterocycles. The molecule has 110 valence electrons. The SMILES string of the molecule is CCc1ccc(Oc2c(Cl)cccc2CCl)c([N+](=O)[O-])c1. The summed E-state index contributed by atoms with van der Waals surface area (Å²) in [6.45, 7) is 1.93. The molecule has 0 aliphatic carbocycles. The number of nitro benzene ring substituents is 1. The fourth-order valence-electron chi connectivity index (χ4n) is 1.89. The summed E-state index contributed by atoms with van der Waals surface area (Å²) in [4.78, 5) is 10.7. The molecule has 0 unspecified atom stereocenters. The minimum atomic E-state index is -0.467. The summed E-state index contributed by atoms with van der Waals surface area (Å²) in [6.07, 6.45) is 0.708. The van der Waals surface area contributed by atoms with Crippen LogP contribution < -0.4 is 4.74 Å². The lowest BCUT2D eigenvalue weighted by Gasteiger charge is -2.12. The number of para-hydroxylation sites is 1. The van der Waals surface area contributed by atoms with Crippen LogP contribution in [0.2, 0.25) is 5.02 Å². The van der Waals surface area contributed by atoms with Gasteiger partial charge in [-0.15, -0.1) is 11.6 Å². The van der Waals surface area contributed by atoms with E-state index in [4.69, 9.17) is 27.9 Å². The predicted octanol–water partition coefficient (Wildman–Crippen LogP) is 5.34. The number of halogens is 2. The second kappa shape index (κ2) is 6.78. The molecule has 0 radical (unpaired) electrons. The maximum atomic E-state index is 11.2. The molecule has 2 rings (SSSR count). The molecule has 0 amide bonds. The Morgan fingerprint density at radius 3 is 2.67 bits per heavy atom. The quantitative estimate of drug-likeness (QED) is 0.423.